The number of benzene rings is 2. The van der Waals surface area contributed by atoms with E-state index in [1.165, 1.54) is 0 Å². The highest BCUT2D eigenvalue weighted by molar-refractivity contribution is 8.33. The molecule has 2 heterocycles. The van der Waals surface area contributed by atoms with Crippen LogP contribution in [0.15, 0.2) is 47.4 Å². The van der Waals surface area contributed by atoms with Crippen molar-refractivity contribution >= 4 is 31.2 Å². The SMILES string of the molecule is O=S(=O)(OS1(c2cccc3ccccc23)CCCC1OC1CCCO1)C(F)(F)F. The van der Waals surface area contributed by atoms with Gasteiger partial charge in [-0.3, -0.25) is 0 Å². The predicted octanol–water partition coefficient (Wildman–Crippen LogP) is 5.06. The molecule has 0 radical (unpaired) electrons. The van der Waals surface area contributed by atoms with Gasteiger partial charge in [0.05, 0.1) is 0 Å². The van der Waals surface area contributed by atoms with E-state index in [0.29, 0.717) is 36.2 Å². The fourth-order valence-corrected chi connectivity index (χ4v) is 9.41. The first kappa shape index (κ1) is 20.9. The molecule has 0 spiro atoms. The van der Waals surface area contributed by atoms with Gasteiger partial charge in [-0.1, -0.05) is 46.7 Å². The highest BCUT2D eigenvalue weighted by Gasteiger charge is 2.55. The van der Waals surface area contributed by atoms with Crippen molar-refractivity contribution in [2.75, 3.05) is 12.4 Å². The molecule has 0 N–H and O–H groups in total. The van der Waals surface area contributed by atoms with E-state index in [2.05, 4.69) is 0 Å². The molecule has 0 bridgehead atoms. The zero-order valence-corrected chi connectivity index (χ0v) is 17.1. The average molecular weight is 451 g/mol. The summed E-state index contributed by atoms with van der Waals surface area (Å²) in [5, 5.41) is 1.47. The van der Waals surface area contributed by atoms with Gasteiger partial charge in [0.1, 0.15) is 5.44 Å². The Morgan fingerprint density at radius 3 is 2.52 bits per heavy atom. The molecule has 5 nitrogen and oxygen atoms in total. The first-order valence-corrected chi connectivity index (χ1v) is 12.5. The molecule has 10 heteroatoms. The van der Waals surface area contributed by atoms with E-state index in [1.54, 1.807) is 24.3 Å². The lowest BCUT2D eigenvalue weighted by Crippen LogP contribution is -2.32. The summed E-state index contributed by atoms with van der Waals surface area (Å²) >= 11 is 0. The van der Waals surface area contributed by atoms with Gasteiger partial charge in [0.15, 0.2) is 6.29 Å². The molecule has 2 aromatic carbocycles. The van der Waals surface area contributed by atoms with Gasteiger partial charge in [-0.05, 0) is 36.1 Å². The van der Waals surface area contributed by atoms with Crippen LogP contribution in [0.1, 0.15) is 25.7 Å². The Morgan fingerprint density at radius 1 is 1.03 bits per heavy atom. The maximum absolute atomic E-state index is 13.3. The van der Waals surface area contributed by atoms with Gasteiger partial charge in [-0.2, -0.15) is 21.6 Å². The van der Waals surface area contributed by atoms with Crippen molar-refractivity contribution in [3.63, 3.8) is 0 Å². The van der Waals surface area contributed by atoms with Crippen molar-refractivity contribution < 1.29 is 34.7 Å². The van der Waals surface area contributed by atoms with Crippen molar-refractivity contribution in [1.29, 1.82) is 0 Å². The highest BCUT2D eigenvalue weighted by atomic mass is 32.3. The molecule has 0 aromatic heterocycles. The number of halogens is 3. The zero-order valence-electron chi connectivity index (χ0n) is 15.4. The molecule has 0 amide bonds. The molecule has 2 aromatic rings. The number of hydrogen-bond acceptors (Lipinski definition) is 5. The fourth-order valence-electron chi connectivity index (χ4n) is 3.83. The lowest BCUT2D eigenvalue weighted by molar-refractivity contribution is -0.122. The van der Waals surface area contributed by atoms with Crippen molar-refractivity contribution in [3.05, 3.63) is 42.5 Å². The van der Waals surface area contributed by atoms with Crippen LogP contribution in [-0.4, -0.2) is 38.0 Å². The largest absolute Gasteiger partial charge is 0.523 e. The first-order valence-electron chi connectivity index (χ1n) is 9.30. The summed E-state index contributed by atoms with van der Waals surface area (Å²) in [6.07, 6.45) is 1.76. The van der Waals surface area contributed by atoms with E-state index in [4.69, 9.17) is 13.1 Å². The number of ether oxygens (including phenoxy) is 2. The van der Waals surface area contributed by atoms with Gasteiger partial charge < -0.3 is 9.47 Å². The van der Waals surface area contributed by atoms with Crippen LogP contribution < -0.4 is 0 Å². The van der Waals surface area contributed by atoms with Gasteiger partial charge in [-0.25, -0.2) is 3.63 Å². The maximum atomic E-state index is 13.3. The summed E-state index contributed by atoms with van der Waals surface area (Å²) in [6, 6.07) is 12.4. The third-order valence-electron chi connectivity index (χ3n) is 5.12. The van der Waals surface area contributed by atoms with E-state index in [0.717, 1.165) is 11.8 Å². The number of hydrogen-bond donors (Lipinski definition) is 0. The van der Waals surface area contributed by atoms with Gasteiger partial charge in [0.2, 0.25) is 0 Å². The molecular formula is C19H21F3O5S2. The number of alkyl halides is 3. The summed E-state index contributed by atoms with van der Waals surface area (Å²) in [6.45, 7) is 0.510. The van der Waals surface area contributed by atoms with Crippen LogP contribution >= 0.6 is 10.3 Å². The summed E-state index contributed by atoms with van der Waals surface area (Å²) in [7, 11) is -8.75. The Bertz CT molecular complexity index is 983. The fraction of sp³-hybridized carbons (Fsp3) is 0.474. The molecule has 3 atom stereocenters. The first-order chi connectivity index (χ1) is 13.7. The van der Waals surface area contributed by atoms with E-state index in [-0.39, 0.29) is 5.75 Å². The van der Waals surface area contributed by atoms with Crippen LogP contribution in [0.2, 0.25) is 0 Å². The molecule has 2 fully saturated rings. The Morgan fingerprint density at radius 2 is 1.79 bits per heavy atom. The van der Waals surface area contributed by atoms with Crippen LogP contribution in [-0.2, 0) is 23.2 Å². The minimum absolute atomic E-state index is 0.174. The molecule has 2 aliphatic rings. The van der Waals surface area contributed by atoms with Crippen LogP contribution in [0.25, 0.3) is 10.8 Å². The smallest absolute Gasteiger partial charge is 0.353 e. The quantitative estimate of drug-likeness (QED) is 0.596. The molecule has 0 saturated carbocycles. The van der Waals surface area contributed by atoms with Gasteiger partial charge >= 0.3 is 15.6 Å². The van der Waals surface area contributed by atoms with Crippen molar-refractivity contribution in [2.24, 2.45) is 0 Å². The molecule has 4 rings (SSSR count). The predicted molar refractivity (Wildman–Crippen MR) is 104 cm³/mol. The second-order valence-corrected chi connectivity index (χ2v) is 11.8. The van der Waals surface area contributed by atoms with E-state index >= 15 is 0 Å². The number of fused-ring (bicyclic) bond motifs is 1. The summed E-state index contributed by atoms with van der Waals surface area (Å²) in [4.78, 5) is 0.462. The van der Waals surface area contributed by atoms with Crippen LogP contribution in [0, 0.1) is 0 Å². The molecule has 2 saturated heterocycles. The average Bonchev–Trinajstić information content (AvgIpc) is 3.31. The molecule has 29 heavy (non-hydrogen) atoms. The monoisotopic (exact) mass is 450 g/mol. The third-order valence-corrected chi connectivity index (χ3v) is 10.6. The number of rotatable bonds is 5. The minimum atomic E-state index is -5.81. The van der Waals surface area contributed by atoms with Crippen molar-refractivity contribution in [2.45, 2.75) is 47.8 Å². The molecule has 3 unspecified atom stereocenters. The third kappa shape index (κ3) is 3.88. The topological polar surface area (TPSA) is 61.8 Å². The molecule has 2 aliphatic heterocycles. The summed E-state index contributed by atoms with van der Waals surface area (Å²) in [5.74, 6) is 0.174. The molecular weight excluding hydrogens is 429 g/mol. The lowest BCUT2D eigenvalue weighted by Gasteiger charge is -2.41. The Balaban J connectivity index is 1.84. The van der Waals surface area contributed by atoms with E-state index < -0.39 is 37.7 Å². The van der Waals surface area contributed by atoms with Gasteiger partial charge in [0.25, 0.3) is 0 Å². The van der Waals surface area contributed by atoms with Gasteiger partial charge in [0, 0.05) is 23.7 Å². The second kappa shape index (κ2) is 7.73. The maximum Gasteiger partial charge on any atom is 0.523 e. The van der Waals surface area contributed by atoms with Gasteiger partial charge in [-0.15, -0.1) is 0 Å². The zero-order chi connectivity index (χ0) is 20.7. The normalized spacial score (nSPS) is 30.4. The standard InChI is InChI=1S/C19H21F3O5S2/c20-19(21,22)29(23,24)27-28(13-5-11-18(28)26-17-10-4-12-25-17)16-9-3-7-14-6-1-2-8-15(14)16/h1-3,6-9,17-18H,4-5,10-13H2. The Hall–Kier alpha value is -1.33. The highest BCUT2D eigenvalue weighted by Crippen LogP contribution is 2.69. The Kier molecular flexibility index (Phi) is 5.58. The van der Waals surface area contributed by atoms with Crippen LogP contribution in [0.4, 0.5) is 13.2 Å². The van der Waals surface area contributed by atoms with Crippen LogP contribution in [0.3, 0.4) is 0 Å². The summed E-state index contributed by atoms with van der Waals surface area (Å²) < 4.78 is 80.6. The summed E-state index contributed by atoms with van der Waals surface area (Å²) in [5.41, 5.74) is -6.30. The van der Waals surface area contributed by atoms with Crippen molar-refractivity contribution in [3.8, 4) is 0 Å². The lowest BCUT2D eigenvalue weighted by atomic mass is 10.1. The Labute approximate surface area is 168 Å². The minimum Gasteiger partial charge on any atom is -0.353 e. The second-order valence-electron chi connectivity index (χ2n) is 7.03. The van der Waals surface area contributed by atoms with Crippen molar-refractivity contribution in [1.82, 2.24) is 0 Å². The molecule has 160 valence electrons. The molecule has 0 aliphatic carbocycles. The van der Waals surface area contributed by atoms with Crippen LogP contribution in [0.5, 0.6) is 0 Å². The van der Waals surface area contributed by atoms with E-state index in [9.17, 15) is 21.6 Å². The van der Waals surface area contributed by atoms with E-state index in [1.807, 2.05) is 18.2 Å².